The SMILES string of the molecule is Cn1c(N)c(S(=O)(=O)N2CCN(c3ccc(F)cc3)CC2)c(=O)n(C)c1=O. The fourth-order valence-electron chi connectivity index (χ4n) is 3.04. The summed E-state index contributed by atoms with van der Waals surface area (Å²) < 4.78 is 41.8. The predicted octanol–water partition coefficient (Wildman–Crippen LogP) is -0.684. The first-order valence-electron chi connectivity index (χ1n) is 8.20. The summed E-state index contributed by atoms with van der Waals surface area (Å²) >= 11 is 0. The van der Waals surface area contributed by atoms with E-state index in [1.165, 1.54) is 30.5 Å². The van der Waals surface area contributed by atoms with E-state index < -0.39 is 26.2 Å². The van der Waals surface area contributed by atoms with E-state index in [-0.39, 0.29) is 24.7 Å². The Kier molecular flexibility index (Phi) is 4.82. The monoisotopic (exact) mass is 397 g/mol. The van der Waals surface area contributed by atoms with Crippen LogP contribution in [0.4, 0.5) is 15.9 Å². The molecule has 27 heavy (non-hydrogen) atoms. The number of halogens is 1. The number of aromatic nitrogens is 2. The maximum absolute atomic E-state index is 13.1. The van der Waals surface area contributed by atoms with E-state index in [2.05, 4.69) is 0 Å². The van der Waals surface area contributed by atoms with Gasteiger partial charge in [0.15, 0.2) is 4.90 Å². The summed E-state index contributed by atoms with van der Waals surface area (Å²) in [5.41, 5.74) is 4.92. The maximum atomic E-state index is 13.1. The van der Waals surface area contributed by atoms with E-state index in [1.807, 2.05) is 4.90 Å². The van der Waals surface area contributed by atoms with Crippen LogP contribution in [-0.2, 0) is 24.1 Å². The molecule has 0 atom stereocenters. The normalized spacial score (nSPS) is 15.9. The highest BCUT2D eigenvalue weighted by Gasteiger charge is 2.34. The van der Waals surface area contributed by atoms with Crippen molar-refractivity contribution in [3.63, 3.8) is 0 Å². The van der Waals surface area contributed by atoms with Gasteiger partial charge in [0.1, 0.15) is 11.6 Å². The smallest absolute Gasteiger partial charge is 0.332 e. The van der Waals surface area contributed by atoms with E-state index >= 15 is 0 Å². The van der Waals surface area contributed by atoms with Crippen molar-refractivity contribution in [1.29, 1.82) is 0 Å². The second-order valence-electron chi connectivity index (χ2n) is 6.29. The first kappa shape index (κ1) is 19.1. The van der Waals surface area contributed by atoms with Crippen molar-refractivity contribution in [2.24, 2.45) is 14.1 Å². The third kappa shape index (κ3) is 3.23. The Morgan fingerprint density at radius 1 is 0.963 bits per heavy atom. The molecular formula is C16H20FN5O4S. The predicted molar refractivity (Wildman–Crippen MR) is 98.7 cm³/mol. The second kappa shape index (κ2) is 6.82. The Balaban J connectivity index is 1.89. The molecule has 2 aromatic rings. The van der Waals surface area contributed by atoms with Crippen molar-refractivity contribution in [3.8, 4) is 0 Å². The van der Waals surface area contributed by atoms with Gasteiger partial charge in [-0.05, 0) is 24.3 Å². The average molecular weight is 397 g/mol. The molecule has 11 heteroatoms. The van der Waals surface area contributed by atoms with Gasteiger partial charge in [0.05, 0.1) is 0 Å². The van der Waals surface area contributed by atoms with Gasteiger partial charge in [-0.2, -0.15) is 4.31 Å². The molecule has 0 radical (unpaired) electrons. The second-order valence-corrected chi connectivity index (χ2v) is 8.16. The van der Waals surface area contributed by atoms with Crippen molar-refractivity contribution >= 4 is 21.5 Å². The van der Waals surface area contributed by atoms with Gasteiger partial charge in [0, 0.05) is 46.0 Å². The summed E-state index contributed by atoms with van der Waals surface area (Å²) in [7, 11) is -1.66. The Labute approximate surface area is 155 Å². The number of nitrogens with zero attached hydrogens (tertiary/aromatic N) is 4. The molecule has 1 aromatic carbocycles. The van der Waals surface area contributed by atoms with E-state index in [0.717, 1.165) is 14.8 Å². The molecule has 3 rings (SSSR count). The molecule has 0 bridgehead atoms. The molecule has 2 N–H and O–H groups in total. The van der Waals surface area contributed by atoms with Gasteiger partial charge < -0.3 is 10.6 Å². The third-order valence-corrected chi connectivity index (χ3v) is 6.64. The highest BCUT2D eigenvalue weighted by Crippen LogP contribution is 2.22. The Morgan fingerprint density at radius 2 is 1.52 bits per heavy atom. The number of nitrogen functional groups attached to an aromatic ring is 1. The molecule has 0 saturated carbocycles. The minimum atomic E-state index is -4.17. The summed E-state index contributed by atoms with van der Waals surface area (Å²) in [5, 5.41) is 0. The summed E-state index contributed by atoms with van der Waals surface area (Å²) in [5.74, 6) is -0.731. The van der Waals surface area contributed by atoms with Crippen LogP contribution in [0.2, 0.25) is 0 Å². The average Bonchev–Trinajstić information content (AvgIpc) is 2.65. The number of piperazine rings is 1. The van der Waals surface area contributed by atoms with Gasteiger partial charge in [-0.25, -0.2) is 17.6 Å². The highest BCUT2D eigenvalue weighted by molar-refractivity contribution is 7.89. The minimum absolute atomic E-state index is 0.130. The van der Waals surface area contributed by atoms with Crippen LogP contribution in [0.15, 0.2) is 38.8 Å². The zero-order chi connectivity index (χ0) is 19.9. The Bertz CT molecular complexity index is 1080. The number of hydrogen-bond acceptors (Lipinski definition) is 6. The molecule has 2 heterocycles. The number of sulfonamides is 1. The lowest BCUT2D eigenvalue weighted by atomic mass is 10.2. The van der Waals surface area contributed by atoms with Crippen LogP contribution >= 0.6 is 0 Å². The number of nitrogens with two attached hydrogens (primary N) is 1. The molecule has 1 aliphatic heterocycles. The van der Waals surface area contributed by atoms with Gasteiger partial charge in [-0.1, -0.05) is 0 Å². The largest absolute Gasteiger partial charge is 0.384 e. The molecule has 0 spiro atoms. The molecule has 1 aromatic heterocycles. The fourth-order valence-corrected chi connectivity index (χ4v) is 4.70. The van der Waals surface area contributed by atoms with Crippen LogP contribution in [-0.4, -0.2) is 48.0 Å². The zero-order valence-corrected chi connectivity index (χ0v) is 15.7. The van der Waals surface area contributed by atoms with Crippen molar-refractivity contribution in [2.75, 3.05) is 36.8 Å². The van der Waals surface area contributed by atoms with Crippen molar-refractivity contribution in [2.45, 2.75) is 4.90 Å². The molecule has 1 saturated heterocycles. The van der Waals surface area contributed by atoms with Crippen LogP contribution in [0.3, 0.4) is 0 Å². The summed E-state index contributed by atoms with van der Waals surface area (Å²) in [6.45, 7) is 1.00. The first-order valence-corrected chi connectivity index (χ1v) is 9.64. The lowest BCUT2D eigenvalue weighted by Crippen LogP contribution is -2.51. The maximum Gasteiger partial charge on any atom is 0.332 e. The number of rotatable bonds is 3. The molecular weight excluding hydrogens is 377 g/mol. The summed E-state index contributed by atoms with van der Waals surface area (Å²) in [6, 6.07) is 5.93. The lowest BCUT2D eigenvalue weighted by molar-refractivity contribution is 0.383. The molecule has 146 valence electrons. The van der Waals surface area contributed by atoms with Gasteiger partial charge in [0.25, 0.3) is 15.6 Å². The van der Waals surface area contributed by atoms with Crippen LogP contribution in [0.25, 0.3) is 0 Å². The molecule has 9 nitrogen and oxygen atoms in total. The standard InChI is InChI=1S/C16H20FN5O4S/c1-19-14(18)13(15(23)20(2)16(19)24)27(25,26)22-9-7-21(8-10-22)12-5-3-11(17)4-6-12/h3-6H,7-10,18H2,1-2H3. The van der Waals surface area contributed by atoms with E-state index in [1.54, 1.807) is 12.1 Å². The fraction of sp³-hybridized carbons (Fsp3) is 0.375. The zero-order valence-electron chi connectivity index (χ0n) is 14.9. The van der Waals surface area contributed by atoms with Gasteiger partial charge in [-0.3, -0.25) is 13.9 Å². The van der Waals surface area contributed by atoms with Gasteiger partial charge in [0.2, 0.25) is 0 Å². The molecule has 1 fully saturated rings. The van der Waals surface area contributed by atoms with Crippen LogP contribution in [0, 0.1) is 5.82 Å². The van der Waals surface area contributed by atoms with Crippen LogP contribution in [0.5, 0.6) is 0 Å². The quantitative estimate of drug-likeness (QED) is 0.735. The lowest BCUT2D eigenvalue weighted by Gasteiger charge is -2.35. The molecule has 0 aliphatic carbocycles. The Hall–Kier alpha value is -2.66. The number of anilines is 2. The number of hydrogen-bond donors (Lipinski definition) is 1. The topological polar surface area (TPSA) is 111 Å². The summed E-state index contributed by atoms with van der Waals surface area (Å²) in [4.78, 5) is 25.6. The van der Waals surface area contributed by atoms with Crippen molar-refractivity contribution in [3.05, 3.63) is 50.9 Å². The van der Waals surface area contributed by atoms with Crippen LogP contribution < -0.4 is 21.9 Å². The van der Waals surface area contributed by atoms with Gasteiger partial charge in [-0.15, -0.1) is 0 Å². The number of benzene rings is 1. The summed E-state index contributed by atoms with van der Waals surface area (Å²) in [6.07, 6.45) is 0. The molecule has 0 unspecified atom stereocenters. The Morgan fingerprint density at radius 3 is 2.07 bits per heavy atom. The molecule has 0 amide bonds. The van der Waals surface area contributed by atoms with E-state index in [4.69, 9.17) is 5.73 Å². The van der Waals surface area contributed by atoms with Crippen LogP contribution in [0.1, 0.15) is 0 Å². The van der Waals surface area contributed by atoms with Gasteiger partial charge >= 0.3 is 5.69 Å². The molecule has 1 aliphatic rings. The first-order chi connectivity index (χ1) is 12.6. The minimum Gasteiger partial charge on any atom is -0.384 e. The van der Waals surface area contributed by atoms with Crippen molar-refractivity contribution in [1.82, 2.24) is 13.4 Å². The van der Waals surface area contributed by atoms with E-state index in [0.29, 0.717) is 13.1 Å². The van der Waals surface area contributed by atoms with E-state index in [9.17, 15) is 22.4 Å². The van der Waals surface area contributed by atoms with Crippen molar-refractivity contribution < 1.29 is 12.8 Å². The highest BCUT2D eigenvalue weighted by atomic mass is 32.2. The third-order valence-electron chi connectivity index (χ3n) is 4.70.